The number of allylic oxidation sites excluding steroid dienone is 4. The van der Waals surface area contributed by atoms with Crippen LogP contribution in [0.1, 0.15) is 218 Å². The molecular formula is C61H94O7S33. The molecule has 40 heteroatoms. The van der Waals surface area contributed by atoms with Crippen LogP contribution in [-0.2, 0) is 321 Å². The second kappa shape index (κ2) is 41.2. The third kappa shape index (κ3) is 20.7. The van der Waals surface area contributed by atoms with Gasteiger partial charge in [-0.05, 0) is 213 Å². The van der Waals surface area contributed by atoms with Gasteiger partial charge in [-0.15, -0.1) is 0 Å². The van der Waals surface area contributed by atoms with Crippen LogP contribution in [0.15, 0.2) is 23.3 Å². The monoisotopic (exact) mass is 1990 g/mol. The summed E-state index contributed by atoms with van der Waals surface area (Å²) in [6, 6.07) is 0. The van der Waals surface area contributed by atoms with Crippen LogP contribution < -0.4 is 0 Å². The number of fused-ring (bicyclic) bond motifs is 14. The predicted molar refractivity (Wildman–Crippen MR) is 512 cm³/mol. The topological polar surface area (TPSA) is 129 Å². The van der Waals surface area contributed by atoms with E-state index in [4.69, 9.17) is 44.8 Å². The van der Waals surface area contributed by atoms with Gasteiger partial charge in [0.05, 0.1) is 22.3 Å². The van der Waals surface area contributed by atoms with Crippen LogP contribution in [0.25, 0.3) is 0 Å². The lowest BCUT2D eigenvalue weighted by Gasteiger charge is -2.71. The van der Waals surface area contributed by atoms with Crippen LogP contribution in [0.3, 0.4) is 0 Å². The van der Waals surface area contributed by atoms with Gasteiger partial charge in [-0.25, -0.2) is 0 Å². The molecule has 8 saturated carbocycles. The number of rotatable bonds is 4. The Morgan fingerprint density at radius 3 is 0.970 bits per heavy atom. The maximum Gasteiger partial charge on any atom is 0.310 e. The number of carbonyl (C=O) groups is 4. The lowest BCUT2D eigenvalue weighted by atomic mass is 9.33. The molecule has 0 aromatic heterocycles. The highest BCUT2D eigenvalue weighted by Crippen LogP contribution is 2.78. The number of carboxylic acids is 2. The van der Waals surface area contributed by atoms with Gasteiger partial charge in [0.25, 0.3) is 0 Å². The van der Waals surface area contributed by atoms with E-state index in [1.54, 1.807) is 222 Å². The SMILES string of the molecule is CC1(C)CCC2(C(=O)O)CC[C@]3(C)C(=CCC4C5(C)CC[C@H](O)[C@](C)(C=O)[C@@H]5CC[C@@]43C)C2C1.C[C@H]1CCC2(C)C3CC=C4C5CC(C)(C)CCC5(C(=O)O)CC[C@@]4(C)[C@@]3(C)CC[C@H]2[C@@]1(C)C=O.S=S=S=S=S=S=S=S=S=S=S=S=S=S=S=S.S=S=S=S=S=S=S=S=S=S=S=S=S=S=S=S=S. The second-order valence-electron chi connectivity index (χ2n) is 31.8. The highest BCUT2D eigenvalue weighted by molar-refractivity contribution is 8.78. The van der Waals surface area contributed by atoms with Crippen molar-refractivity contribution >= 4 is 327 Å². The smallest absolute Gasteiger partial charge is 0.310 e. The van der Waals surface area contributed by atoms with Crippen molar-refractivity contribution in [2.45, 2.75) is 225 Å². The summed E-state index contributed by atoms with van der Waals surface area (Å²) in [5.41, 5.74) is 1.75. The molecule has 0 bridgehead atoms. The molecule has 8 unspecified atom stereocenters. The zero-order valence-corrected chi connectivity index (χ0v) is 85.5. The van der Waals surface area contributed by atoms with E-state index in [-0.39, 0.29) is 66.5 Å². The van der Waals surface area contributed by atoms with E-state index < -0.39 is 34.3 Å². The first-order valence-corrected chi connectivity index (χ1v) is 74.4. The van der Waals surface area contributed by atoms with E-state index >= 15 is 0 Å². The molecule has 578 valence electrons. The van der Waals surface area contributed by atoms with E-state index in [2.05, 4.69) is 95.2 Å². The standard InChI is InChI=1S/C31H48O3.C30H46O4.S17.S16/c1-20-10-12-27(4)23(28(20,5)19-32)11-13-30(7)24(27)9-8-21-22-18-26(2,3)14-16-31(22,25(33)34)17-15-29(21,30)6;1-25(2)13-15-30(24(33)34)16-14-28(5)19(20(30)17-25)7-8-22-26(3)11-10-23(32)27(4,18-31)21(26)9-12-29(22,28)6;1-3-5-7-9-11-13-15-17-16-14-12-10-8-6-4-2;1-3-5-7-9-11-13-15-16-14-12-10-8-6-4-2/h8,19-20,22-24H,9-18H2,1-7H3,(H,33,34);7,18,20-23,32H,8-17H2,1-6H3,(H,33,34);;/t20-,22?,23+,24?,27?,28-,29+,30-,31?;20?,21-,22?,23+,26?,27-,28-,29+,30?;;/m01../s1. The fourth-order valence-electron chi connectivity index (χ4n) is 21.5. The van der Waals surface area contributed by atoms with Crippen molar-refractivity contribution < 1.29 is 34.5 Å². The van der Waals surface area contributed by atoms with Crippen LogP contribution in [0.4, 0.5) is 0 Å². The maximum absolute atomic E-state index is 12.8. The number of aliphatic hydroxyl groups excluding tert-OH is 1. The Hall–Kier alpha value is 4.98. The summed E-state index contributed by atoms with van der Waals surface area (Å²) in [6.07, 6.45) is 26.4. The quantitative estimate of drug-likeness (QED) is 0.184. The normalized spacial score (nSPS) is 38.7. The molecular weight excluding hydrogens is 1900 g/mol. The molecule has 3 N–H and O–H groups in total. The van der Waals surface area contributed by atoms with Gasteiger partial charge in [0.1, 0.15) is 12.6 Å². The molecule has 0 spiro atoms. The Morgan fingerprint density at radius 2 is 0.673 bits per heavy atom. The van der Waals surface area contributed by atoms with Gasteiger partial charge in [-0.3, -0.25) is 9.59 Å². The molecule has 7 nitrogen and oxygen atoms in total. The number of carboxylic acid groups (broad SMARTS) is 2. The largest absolute Gasteiger partial charge is 0.481 e. The zero-order chi connectivity index (χ0) is 74.4. The fourth-order valence-corrected chi connectivity index (χ4v) is 90.2. The molecule has 10 rings (SSSR count). The molecule has 0 aliphatic heterocycles. The highest BCUT2D eigenvalue weighted by atomic mass is 33.5. The van der Waals surface area contributed by atoms with Gasteiger partial charge < -0.3 is 24.9 Å². The van der Waals surface area contributed by atoms with Crippen molar-refractivity contribution in [3.05, 3.63) is 23.3 Å². The van der Waals surface area contributed by atoms with E-state index in [9.17, 15) is 34.5 Å². The van der Waals surface area contributed by atoms with E-state index in [0.717, 1.165) is 122 Å². The molecule has 10 aliphatic rings. The zero-order valence-electron chi connectivity index (χ0n) is 58.5. The number of aliphatic hydroxyl groups is 1. The van der Waals surface area contributed by atoms with E-state index in [0.29, 0.717) is 30.1 Å². The number of aliphatic carboxylic acids is 2. The molecule has 0 amide bonds. The van der Waals surface area contributed by atoms with Crippen molar-refractivity contribution in [3.8, 4) is 0 Å². The predicted octanol–water partition coefficient (Wildman–Crippen LogP) is 14.0. The summed E-state index contributed by atoms with van der Waals surface area (Å²) < 4.78 is 0. The molecule has 101 heavy (non-hydrogen) atoms. The summed E-state index contributed by atoms with van der Waals surface area (Å²) in [5.74, 6) is 1.28. The van der Waals surface area contributed by atoms with Crippen LogP contribution in [-0.4, -0.2) is 45.9 Å². The first-order valence-electron chi connectivity index (χ1n) is 33.1. The van der Waals surface area contributed by atoms with Gasteiger partial charge in [-0.2, -0.15) is 0 Å². The van der Waals surface area contributed by atoms with Gasteiger partial charge in [0.15, 0.2) is 0 Å². The Balaban J connectivity index is 0.000000201. The summed E-state index contributed by atoms with van der Waals surface area (Å²) in [4.78, 5) is 50.3. The van der Waals surface area contributed by atoms with Crippen molar-refractivity contribution in [2.24, 2.45) is 106 Å². The minimum absolute atomic E-state index is 0.00538. The average molecular weight is 2000 g/mol. The molecule has 0 aromatic carbocycles. The Morgan fingerprint density at radius 1 is 0.386 bits per heavy atom. The molecule has 10 aliphatic carbocycles. The third-order valence-electron chi connectivity index (χ3n) is 27.3. The summed E-state index contributed by atoms with van der Waals surface area (Å²) in [5, 5.41) is 31.8. The average Bonchev–Trinajstić information content (AvgIpc) is 0.683. The summed E-state index contributed by atoms with van der Waals surface area (Å²) in [6.45, 7) is 30.8. The van der Waals surface area contributed by atoms with Crippen LogP contribution in [0.5, 0.6) is 0 Å². The van der Waals surface area contributed by atoms with Gasteiger partial charge in [-0.1, -0.05) is 113 Å². The van der Waals surface area contributed by atoms with Gasteiger partial charge in [0.2, 0.25) is 0 Å². The molecule has 8 fully saturated rings. The van der Waals surface area contributed by atoms with Gasteiger partial charge in [0, 0.05) is 308 Å². The summed E-state index contributed by atoms with van der Waals surface area (Å²) >= 11 is 18.9. The molecule has 18 atom stereocenters. The molecule has 0 saturated heterocycles. The van der Waals surface area contributed by atoms with E-state index in [1.807, 2.05) is 6.92 Å². The maximum atomic E-state index is 12.8. The lowest BCUT2D eigenvalue weighted by Crippen LogP contribution is -2.65. The van der Waals surface area contributed by atoms with Crippen molar-refractivity contribution in [3.63, 3.8) is 0 Å². The Kier molecular flexibility index (Phi) is 38.0. The number of hydrogen-bond donors (Lipinski definition) is 3. The van der Waals surface area contributed by atoms with Crippen molar-refractivity contribution in [2.75, 3.05) is 0 Å². The van der Waals surface area contributed by atoms with Crippen LogP contribution >= 0.6 is 0 Å². The third-order valence-corrected chi connectivity index (χ3v) is 87.3. The fraction of sp³-hybridized carbons (Fsp3) is 0.869. The van der Waals surface area contributed by atoms with Crippen LogP contribution in [0, 0.1) is 106 Å². The highest BCUT2D eigenvalue weighted by Gasteiger charge is 2.72. The van der Waals surface area contributed by atoms with Crippen molar-refractivity contribution in [1.29, 1.82) is 0 Å². The Bertz CT molecular complexity index is 4450. The number of hydrogen-bond acceptors (Lipinski definition) is 9. The first kappa shape index (κ1) is 93.1. The molecule has 0 heterocycles. The number of aldehydes is 2. The first-order chi connectivity index (χ1) is 47.7. The van der Waals surface area contributed by atoms with E-state index in [1.165, 1.54) is 59.4 Å². The minimum Gasteiger partial charge on any atom is -0.481 e. The lowest BCUT2D eigenvalue weighted by molar-refractivity contribution is -0.204. The number of carbonyl (C=O) groups excluding carboxylic acids is 2. The Labute approximate surface area is 704 Å². The summed E-state index contributed by atoms with van der Waals surface area (Å²) in [7, 11) is 48.9. The van der Waals surface area contributed by atoms with Crippen molar-refractivity contribution in [1.82, 2.24) is 0 Å². The van der Waals surface area contributed by atoms with Crippen LogP contribution in [0.2, 0.25) is 0 Å². The van der Waals surface area contributed by atoms with Gasteiger partial charge >= 0.3 is 11.9 Å². The second-order valence-corrected chi connectivity index (χ2v) is 83.1. The minimum atomic E-state index is -0.669. The molecule has 0 radical (unpaired) electrons. The molecule has 0 aromatic rings.